The number of hydrogen-bond acceptors (Lipinski definition) is 2. The van der Waals surface area contributed by atoms with Crippen molar-refractivity contribution in [3.05, 3.63) is 0 Å². The lowest BCUT2D eigenvalue weighted by atomic mass is 10.0. The largest absolute Gasteiger partial charge is 0.404 e. The van der Waals surface area contributed by atoms with Gasteiger partial charge in [0.25, 0.3) is 0 Å². The van der Waals surface area contributed by atoms with Gasteiger partial charge in [-0.15, -0.1) is 0 Å². The zero-order valence-corrected chi connectivity index (χ0v) is 6.80. The van der Waals surface area contributed by atoms with Crippen LogP contribution in [0.1, 0.15) is 12.8 Å². The van der Waals surface area contributed by atoms with Crippen molar-refractivity contribution in [1.82, 2.24) is 4.90 Å². The number of rotatable bonds is 0. The average Bonchev–Trinajstić information content (AvgIpc) is 1.83. The van der Waals surface area contributed by atoms with Crippen molar-refractivity contribution < 1.29 is 18.3 Å². The maximum absolute atomic E-state index is 12.2. The molecule has 1 aliphatic rings. The summed E-state index contributed by atoms with van der Waals surface area (Å²) in [5.74, 6) is 0. The first kappa shape index (κ1) is 9.80. The first-order chi connectivity index (χ1) is 5.41. The van der Waals surface area contributed by atoms with Gasteiger partial charge in [-0.3, -0.25) is 4.90 Å². The van der Waals surface area contributed by atoms with Crippen molar-refractivity contribution in [2.75, 3.05) is 13.6 Å². The molecule has 1 rings (SSSR count). The molecular formula is C7H12F3NO. The second-order valence-electron chi connectivity index (χ2n) is 3.23. The highest BCUT2D eigenvalue weighted by molar-refractivity contribution is 4.83. The third-order valence-electron chi connectivity index (χ3n) is 2.18. The number of β-amino-alcohol motifs (C(OH)–C–C–N with tert-alkyl or cyclic N) is 1. The summed E-state index contributed by atoms with van der Waals surface area (Å²) in [7, 11) is 1.39. The van der Waals surface area contributed by atoms with E-state index >= 15 is 0 Å². The highest BCUT2D eigenvalue weighted by atomic mass is 19.4. The molecule has 0 spiro atoms. The molecule has 2 nitrogen and oxygen atoms in total. The zero-order valence-electron chi connectivity index (χ0n) is 6.80. The van der Waals surface area contributed by atoms with Crippen LogP contribution in [0.15, 0.2) is 0 Å². The molecule has 2 unspecified atom stereocenters. The van der Waals surface area contributed by atoms with Crippen LogP contribution < -0.4 is 0 Å². The van der Waals surface area contributed by atoms with E-state index in [0.29, 0.717) is 0 Å². The minimum Gasteiger partial charge on any atom is -0.392 e. The van der Waals surface area contributed by atoms with E-state index in [4.69, 9.17) is 5.11 Å². The van der Waals surface area contributed by atoms with Crippen molar-refractivity contribution in [2.45, 2.75) is 31.2 Å². The Morgan fingerprint density at radius 2 is 1.92 bits per heavy atom. The Labute approximate surface area is 69.0 Å². The summed E-state index contributed by atoms with van der Waals surface area (Å²) < 4.78 is 36.6. The Morgan fingerprint density at radius 1 is 1.33 bits per heavy atom. The van der Waals surface area contributed by atoms with Crippen LogP contribution in [-0.2, 0) is 0 Å². The van der Waals surface area contributed by atoms with Crippen LogP contribution in [0.2, 0.25) is 0 Å². The van der Waals surface area contributed by atoms with Crippen molar-refractivity contribution in [2.24, 2.45) is 0 Å². The summed E-state index contributed by atoms with van der Waals surface area (Å²) in [5, 5.41) is 9.05. The van der Waals surface area contributed by atoms with Crippen molar-refractivity contribution >= 4 is 0 Å². The van der Waals surface area contributed by atoms with E-state index in [1.165, 1.54) is 7.05 Å². The maximum atomic E-state index is 12.2. The fourth-order valence-corrected chi connectivity index (χ4v) is 1.54. The summed E-state index contributed by atoms with van der Waals surface area (Å²) in [4.78, 5) is 1.16. The van der Waals surface area contributed by atoms with Gasteiger partial charge in [0.05, 0.1) is 6.10 Å². The van der Waals surface area contributed by atoms with E-state index < -0.39 is 18.3 Å². The van der Waals surface area contributed by atoms with Crippen LogP contribution in [0.4, 0.5) is 13.2 Å². The zero-order chi connectivity index (χ0) is 9.35. The lowest BCUT2D eigenvalue weighted by Gasteiger charge is -2.36. The summed E-state index contributed by atoms with van der Waals surface area (Å²) in [6.07, 6.45) is -4.52. The quantitative estimate of drug-likeness (QED) is 0.605. The number of alkyl halides is 3. The van der Waals surface area contributed by atoms with E-state index in [-0.39, 0.29) is 19.4 Å². The molecule has 0 aromatic heterocycles. The molecule has 2 atom stereocenters. The predicted molar refractivity (Wildman–Crippen MR) is 37.7 cm³/mol. The number of nitrogens with zero attached hydrogens (tertiary/aromatic N) is 1. The molecule has 0 aliphatic carbocycles. The van der Waals surface area contributed by atoms with Crippen molar-refractivity contribution in [3.8, 4) is 0 Å². The molecular weight excluding hydrogens is 171 g/mol. The number of halogens is 3. The Hall–Kier alpha value is -0.290. The van der Waals surface area contributed by atoms with Crippen LogP contribution >= 0.6 is 0 Å². The number of likely N-dealkylation sites (tertiary alicyclic amines) is 1. The molecule has 0 aromatic carbocycles. The number of piperidine rings is 1. The third-order valence-corrected chi connectivity index (χ3v) is 2.18. The van der Waals surface area contributed by atoms with Gasteiger partial charge < -0.3 is 5.11 Å². The fraction of sp³-hybridized carbons (Fsp3) is 1.00. The summed E-state index contributed by atoms with van der Waals surface area (Å²) in [6.45, 7) is 0.115. The van der Waals surface area contributed by atoms with Gasteiger partial charge in [-0.2, -0.15) is 13.2 Å². The molecule has 1 heterocycles. The highest BCUT2D eigenvalue weighted by Crippen LogP contribution is 2.30. The van der Waals surface area contributed by atoms with Gasteiger partial charge in [0, 0.05) is 6.54 Å². The molecule has 0 bridgehead atoms. The topological polar surface area (TPSA) is 23.5 Å². The number of likely N-dealkylation sites (N-methyl/N-ethyl adjacent to an activating group) is 1. The second-order valence-corrected chi connectivity index (χ2v) is 3.23. The van der Waals surface area contributed by atoms with Crippen LogP contribution in [-0.4, -0.2) is 41.9 Å². The first-order valence-corrected chi connectivity index (χ1v) is 3.86. The van der Waals surface area contributed by atoms with E-state index in [9.17, 15) is 13.2 Å². The minimum absolute atomic E-state index is 0.00116. The van der Waals surface area contributed by atoms with Gasteiger partial charge in [0.2, 0.25) is 0 Å². The molecule has 0 amide bonds. The Bertz CT molecular complexity index is 159. The Balaban J connectivity index is 2.57. The molecule has 5 heteroatoms. The number of aliphatic hydroxyl groups is 1. The monoisotopic (exact) mass is 183 g/mol. The molecule has 1 fully saturated rings. The Morgan fingerprint density at radius 3 is 2.33 bits per heavy atom. The molecule has 12 heavy (non-hydrogen) atoms. The minimum atomic E-state index is -4.16. The van der Waals surface area contributed by atoms with Crippen LogP contribution in [0.5, 0.6) is 0 Å². The van der Waals surface area contributed by atoms with E-state index in [1.807, 2.05) is 0 Å². The fourth-order valence-electron chi connectivity index (χ4n) is 1.54. The predicted octanol–water partition coefficient (Wildman–Crippen LogP) is 1.00. The van der Waals surface area contributed by atoms with Crippen molar-refractivity contribution in [3.63, 3.8) is 0 Å². The molecule has 0 radical (unpaired) electrons. The summed E-state index contributed by atoms with van der Waals surface area (Å²) >= 11 is 0. The SMILES string of the molecule is CN1CC(O)CCC1C(F)(F)F. The van der Waals surface area contributed by atoms with Gasteiger partial charge in [-0.05, 0) is 19.9 Å². The molecule has 0 saturated carbocycles. The molecule has 1 aliphatic heterocycles. The van der Waals surface area contributed by atoms with E-state index in [1.54, 1.807) is 0 Å². The standard InChI is InChI=1S/C7H12F3NO/c1-11-4-5(12)2-3-6(11)7(8,9)10/h5-6,12H,2-4H2,1H3. The van der Waals surface area contributed by atoms with Crippen molar-refractivity contribution in [1.29, 1.82) is 0 Å². The van der Waals surface area contributed by atoms with Gasteiger partial charge in [0.15, 0.2) is 0 Å². The van der Waals surface area contributed by atoms with Crippen LogP contribution in [0.3, 0.4) is 0 Å². The van der Waals surface area contributed by atoms with Gasteiger partial charge >= 0.3 is 6.18 Å². The lowest BCUT2D eigenvalue weighted by Crippen LogP contribution is -2.50. The Kier molecular flexibility index (Phi) is 2.63. The van der Waals surface area contributed by atoms with Gasteiger partial charge in [-0.25, -0.2) is 0 Å². The van der Waals surface area contributed by atoms with Crippen LogP contribution in [0.25, 0.3) is 0 Å². The molecule has 72 valence electrons. The van der Waals surface area contributed by atoms with E-state index in [0.717, 1.165) is 4.90 Å². The molecule has 1 N–H and O–H groups in total. The first-order valence-electron chi connectivity index (χ1n) is 3.86. The number of hydrogen-bond donors (Lipinski definition) is 1. The molecule has 0 aromatic rings. The average molecular weight is 183 g/mol. The smallest absolute Gasteiger partial charge is 0.392 e. The number of aliphatic hydroxyl groups excluding tert-OH is 1. The second kappa shape index (κ2) is 3.22. The summed E-state index contributed by atoms with van der Waals surface area (Å²) in [6, 6.07) is -1.37. The maximum Gasteiger partial charge on any atom is 0.404 e. The van der Waals surface area contributed by atoms with Gasteiger partial charge in [0.1, 0.15) is 6.04 Å². The van der Waals surface area contributed by atoms with Crippen LogP contribution in [0, 0.1) is 0 Å². The third kappa shape index (κ3) is 2.10. The van der Waals surface area contributed by atoms with Gasteiger partial charge in [-0.1, -0.05) is 0 Å². The normalized spacial score (nSPS) is 33.8. The summed E-state index contributed by atoms with van der Waals surface area (Å²) in [5.41, 5.74) is 0. The molecule has 1 saturated heterocycles. The highest BCUT2D eigenvalue weighted by Gasteiger charge is 2.44. The van der Waals surface area contributed by atoms with E-state index in [2.05, 4.69) is 0 Å². The lowest BCUT2D eigenvalue weighted by molar-refractivity contribution is -0.193.